The number of nitrogens with zero attached hydrogens (tertiary/aromatic N) is 1. The van der Waals surface area contributed by atoms with Crippen LogP contribution in [0.2, 0.25) is 0 Å². The number of carbonyl (C=O) groups is 1. The second-order valence-electron chi connectivity index (χ2n) is 4.27. The Kier molecular flexibility index (Phi) is 2.74. The summed E-state index contributed by atoms with van der Waals surface area (Å²) < 4.78 is 5.38. The van der Waals surface area contributed by atoms with Crippen LogP contribution in [0.15, 0.2) is 0 Å². The normalized spacial score (nSPS) is 34.6. The van der Waals surface area contributed by atoms with Gasteiger partial charge in [0.1, 0.15) is 6.61 Å². The van der Waals surface area contributed by atoms with E-state index >= 15 is 0 Å². The van der Waals surface area contributed by atoms with E-state index in [0.717, 1.165) is 32.4 Å². The standard InChI is InChI=1S/C10H18N2O2/c1-12-9(13)7-14-8-10(12)3-2-5-11-6-4-10/h11H,2-8H2,1H3. The maximum atomic E-state index is 11.6. The topological polar surface area (TPSA) is 41.6 Å². The predicted octanol–water partition coefficient (Wildman–Crippen LogP) is -0.0127. The predicted molar refractivity (Wildman–Crippen MR) is 53.0 cm³/mol. The third-order valence-corrected chi connectivity index (χ3v) is 3.44. The molecule has 14 heavy (non-hydrogen) atoms. The minimum Gasteiger partial charge on any atom is -0.369 e. The Hall–Kier alpha value is -0.610. The SMILES string of the molecule is CN1C(=O)COCC12CCCNCC2. The van der Waals surface area contributed by atoms with Crippen molar-refractivity contribution in [3.8, 4) is 0 Å². The molecule has 1 unspecified atom stereocenters. The fourth-order valence-electron chi connectivity index (χ4n) is 2.38. The van der Waals surface area contributed by atoms with Gasteiger partial charge in [0.15, 0.2) is 0 Å². The van der Waals surface area contributed by atoms with Crippen molar-refractivity contribution in [3.63, 3.8) is 0 Å². The first-order valence-electron chi connectivity index (χ1n) is 5.30. The average Bonchev–Trinajstić information content (AvgIpc) is 2.41. The minimum absolute atomic E-state index is 0.0289. The van der Waals surface area contributed by atoms with Crippen molar-refractivity contribution in [1.82, 2.24) is 10.2 Å². The number of amides is 1. The highest BCUT2D eigenvalue weighted by molar-refractivity contribution is 5.78. The van der Waals surface area contributed by atoms with Gasteiger partial charge in [-0.2, -0.15) is 0 Å². The van der Waals surface area contributed by atoms with Gasteiger partial charge in [-0.3, -0.25) is 4.79 Å². The van der Waals surface area contributed by atoms with E-state index in [9.17, 15) is 4.79 Å². The Balaban J connectivity index is 2.13. The van der Waals surface area contributed by atoms with Gasteiger partial charge in [-0.25, -0.2) is 0 Å². The summed E-state index contributed by atoms with van der Waals surface area (Å²) in [5.41, 5.74) is -0.0289. The third kappa shape index (κ3) is 1.64. The number of carbonyl (C=O) groups excluding carboxylic acids is 1. The highest BCUT2D eigenvalue weighted by Crippen LogP contribution is 2.29. The van der Waals surface area contributed by atoms with Crippen LogP contribution in [0.1, 0.15) is 19.3 Å². The van der Waals surface area contributed by atoms with Gasteiger partial charge in [-0.1, -0.05) is 0 Å². The van der Waals surface area contributed by atoms with Gasteiger partial charge >= 0.3 is 0 Å². The van der Waals surface area contributed by atoms with Crippen LogP contribution in [0.3, 0.4) is 0 Å². The minimum atomic E-state index is -0.0289. The van der Waals surface area contributed by atoms with E-state index in [1.54, 1.807) is 0 Å². The Bertz CT molecular complexity index is 222. The fourth-order valence-corrected chi connectivity index (χ4v) is 2.38. The van der Waals surface area contributed by atoms with Crippen LogP contribution in [-0.4, -0.2) is 49.7 Å². The zero-order valence-electron chi connectivity index (χ0n) is 8.71. The summed E-state index contributed by atoms with van der Waals surface area (Å²) in [6, 6.07) is 0. The van der Waals surface area contributed by atoms with Crippen molar-refractivity contribution in [2.75, 3.05) is 33.4 Å². The van der Waals surface area contributed by atoms with E-state index in [1.807, 2.05) is 11.9 Å². The molecular weight excluding hydrogens is 180 g/mol. The second kappa shape index (κ2) is 3.87. The van der Waals surface area contributed by atoms with Crippen molar-refractivity contribution >= 4 is 5.91 Å². The molecule has 0 aromatic rings. The van der Waals surface area contributed by atoms with E-state index in [-0.39, 0.29) is 18.1 Å². The molecule has 1 N–H and O–H groups in total. The highest BCUT2D eigenvalue weighted by atomic mass is 16.5. The quantitative estimate of drug-likeness (QED) is 0.595. The molecule has 1 spiro atoms. The Labute approximate surface area is 84.6 Å². The van der Waals surface area contributed by atoms with Gasteiger partial charge < -0.3 is 15.0 Å². The fraction of sp³-hybridized carbons (Fsp3) is 0.900. The van der Waals surface area contributed by atoms with Gasteiger partial charge in [-0.05, 0) is 32.4 Å². The summed E-state index contributed by atoms with van der Waals surface area (Å²) in [6.07, 6.45) is 3.19. The van der Waals surface area contributed by atoms with Crippen LogP contribution in [0.25, 0.3) is 0 Å². The lowest BCUT2D eigenvalue weighted by molar-refractivity contribution is -0.156. The zero-order valence-corrected chi connectivity index (χ0v) is 8.71. The molecule has 0 saturated carbocycles. The van der Waals surface area contributed by atoms with Crippen molar-refractivity contribution in [2.45, 2.75) is 24.8 Å². The lowest BCUT2D eigenvalue weighted by Gasteiger charge is -2.44. The Morgan fingerprint density at radius 3 is 3.14 bits per heavy atom. The summed E-state index contributed by atoms with van der Waals surface area (Å²) in [4.78, 5) is 13.5. The van der Waals surface area contributed by atoms with E-state index in [2.05, 4.69) is 5.32 Å². The van der Waals surface area contributed by atoms with Crippen LogP contribution in [0, 0.1) is 0 Å². The molecule has 2 aliphatic rings. The van der Waals surface area contributed by atoms with Crippen LogP contribution in [0.4, 0.5) is 0 Å². The largest absolute Gasteiger partial charge is 0.369 e. The molecule has 0 aliphatic carbocycles. The van der Waals surface area contributed by atoms with E-state index < -0.39 is 0 Å². The lowest BCUT2D eigenvalue weighted by atomic mass is 9.88. The second-order valence-corrected chi connectivity index (χ2v) is 4.27. The molecule has 0 bridgehead atoms. The van der Waals surface area contributed by atoms with E-state index in [4.69, 9.17) is 4.74 Å². The maximum Gasteiger partial charge on any atom is 0.248 e. The first-order chi connectivity index (χ1) is 6.75. The first kappa shape index (κ1) is 9.93. The maximum absolute atomic E-state index is 11.6. The van der Waals surface area contributed by atoms with Crippen LogP contribution < -0.4 is 5.32 Å². The van der Waals surface area contributed by atoms with Crippen molar-refractivity contribution in [3.05, 3.63) is 0 Å². The summed E-state index contributed by atoms with van der Waals surface area (Å²) in [5, 5.41) is 3.36. The third-order valence-electron chi connectivity index (χ3n) is 3.44. The molecule has 2 heterocycles. The molecule has 2 aliphatic heterocycles. The van der Waals surface area contributed by atoms with Gasteiger partial charge in [0.2, 0.25) is 5.91 Å². The number of likely N-dealkylation sites (N-methyl/N-ethyl adjacent to an activating group) is 1. The molecule has 1 amide bonds. The molecule has 0 aromatic carbocycles. The van der Waals surface area contributed by atoms with Crippen molar-refractivity contribution in [2.24, 2.45) is 0 Å². The first-order valence-corrected chi connectivity index (χ1v) is 5.30. The van der Waals surface area contributed by atoms with E-state index in [0.29, 0.717) is 6.61 Å². The molecule has 2 rings (SSSR count). The zero-order chi connectivity index (χ0) is 10.0. The summed E-state index contributed by atoms with van der Waals surface area (Å²) in [7, 11) is 1.91. The number of rotatable bonds is 0. The Morgan fingerprint density at radius 1 is 1.43 bits per heavy atom. The number of hydrogen-bond donors (Lipinski definition) is 1. The van der Waals surface area contributed by atoms with Gasteiger partial charge in [0, 0.05) is 7.05 Å². The van der Waals surface area contributed by atoms with Gasteiger partial charge in [-0.15, -0.1) is 0 Å². The number of hydrogen-bond acceptors (Lipinski definition) is 3. The van der Waals surface area contributed by atoms with Crippen LogP contribution in [0.5, 0.6) is 0 Å². The average molecular weight is 198 g/mol. The number of morpholine rings is 1. The molecule has 0 aromatic heterocycles. The Morgan fingerprint density at radius 2 is 2.29 bits per heavy atom. The van der Waals surface area contributed by atoms with Gasteiger partial charge in [0.25, 0.3) is 0 Å². The molecule has 1 atom stereocenters. The van der Waals surface area contributed by atoms with Crippen molar-refractivity contribution < 1.29 is 9.53 Å². The summed E-state index contributed by atoms with van der Waals surface area (Å²) in [6.45, 7) is 3.01. The summed E-state index contributed by atoms with van der Waals surface area (Å²) >= 11 is 0. The lowest BCUT2D eigenvalue weighted by Crippen LogP contribution is -2.58. The number of nitrogens with one attached hydrogen (secondary N) is 1. The van der Waals surface area contributed by atoms with Gasteiger partial charge in [0.05, 0.1) is 12.1 Å². The molecule has 4 heteroatoms. The molecule has 80 valence electrons. The molecule has 2 fully saturated rings. The number of ether oxygens (including phenoxy) is 1. The monoisotopic (exact) mass is 198 g/mol. The van der Waals surface area contributed by atoms with Crippen LogP contribution in [-0.2, 0) is 9.53 Å². The molecule has 0 radical (unpaired) electrons. The van der Waals surface area contributed by atoms with Crippen molar-refractivity contribution in [1.29, 1.82) is 0 Å². The smallest absolute Gasteiger partial charge is 0.248 e. The van der Waals surface area contributed by atoms with E-state index in [1.165, 1.54) is 0 Å². The molecule has 2 saturated heterocycles. The molecular formula is C10H18N2O2. The highest BCUT2D eigenvalue weighted by Gasteiger charge is 2.40. The summed E-state index contributed by atoms with van der Waals surface area (Å²) in [5.74, 6) is 0.123. The molecule has 4 nitrogen and oxygen atoms in total. The van der Waals surface area contributed by atoms with Crippen LogP contribution >= 0.6 is 0 Å².